The molecule has 3 nitrogen and oxygen atoms in total. The molecule has 2 aromatic carbocycles. The Kier molecular flexibility index (Phi) is 4.21. The molecule has 0 aliphatic rings. The van der Waals surface area contributed by atoms with Crippen molar-refractivity contribution < 1.29 is 13.6 Å². The number of benzene rings is 2. The molecule has 0 aliphatic heterocycles. The molecule has 2 rings (SSSR count). The van der Waals surface area contributed by atoms with E-state index in [1.807, 2.05) is 0 Å². The summed E-state index contributed by atoms with van der Waals surface area (Å²) in [6.45, 7) is 1.68. The number of carbonyl (C=O) groups excluding carboxylic acids is 1. The molecule has 1 unspecified atom stereocenters. The molecule has 2 aromatic rings. The minimum Gasteiger partial charge on any atom is -0.399 e. The van der Waals surface area contributed by atoms with Crippen molar-refractivity contribution >= 4 is 11.6 Å². The van der Waals surface area contributed by atoms with E-state index in [0.29, 0.717) is 11.3 Å². The smallest absolute Gasteiger partial charge is 0.257 e. The van der Waals surface area contributed by atoms with E-state index in [0.717, 1.165) is 6.07 Å². The first-order chi connectivity index (χ1) is 9.91. The number of rotatable bonds is 3. The number of halogens is 2. The van der Waals surface area contributed by atoms with E-state index in [9.17, 15) is 13.6 Å². The van der Waals surface area contributed by atoms with Crippen LogP contribution in [-0.2, 0) is 0 Å². The second-order valence-corrected chi connectivity index (χ2v) is 4.85. The summed E-state index contributed by atoms with van der Waals surface area (Å²) in [7, 11) is 1.50. The molecular weight excluding hydrogens is 274 g/mol. The van der Waals surface area contributed by atoms with E-state index >= 15 is 0 Å². The van der Waals surface area contributed by atoms with E-state index in [1.165, 1.54) is 30.1 Å². The maximum Gasteiger partial charge on any atom is 0.257 e. The number of carbonyl (C=O) groups is 1. The van der Waals surface area contributed by atoms with Gasteiger partial charge < -0.3 is 10.6 Å². The highest BCUT2D eigenvalue weighted by Gasteiger charge is 2.23. The van der Waals surface area contributed by atoms with Crippen molar-refractivity contribution in [2.75, 3.05) is 12.8 Å². The first-order valence-corrected chi connectivity index (χ1v) is 6.48. The number of hydrogen-bond acceptors (Lipinski definition) is 2. The van der Waals surface area contributed by atoms with Crippen molar-refractivity contribution in [2.45, 2.75) is 13.0 Å². The first-order valence-electron chi connectivity index (χ1n) is 6.48. The summed E-state index contributed by atoms with van der Waals surface area (Å²) in [5.74, 6) is -1.60. The van der Waals surface area contributed by atoms with Gasteiger partial charge in [0.1, 0.15) is 11.6 Å². The lowest BCUT2D eigenvalue weighted by atomic mass is 10.1. The fraction of sp³-hybridized carbons (Fsp3) is 0.188. The third-order valence-electron chi connectivity index (χ3n) is 3.48. The van der Waals surface area contributed by atoms with Gasteiger partial charge in [0.2, 0.25) is 0 Å². The number of amides is 1. The SMILES string of the molecule is CC(c1ccccc1F)N(C)C(=O)c1cc(N)ccc1F. The Morgan fingerprint density at radius 1 is 1.14 bits per heavy atom. The van der Waals surface area contributed by atoms with Crippen LogP contribution in [0, 0.1) is 11.6 Å². The largest absolute Gasteiger partial charge is 0.399 e. The van der Waals surface area contributed by atoms with Gasteiger partial charge >= 0.3 is 0 Å². The standard InChI is InChI=1S/C16H16F2N2O/c1-10(12-5-3-4-6-14(12)17)20(2)16(21)13-9-11(19)7-8-15(13)18/h3-10H,19H2,1-2H3. The number of nitrogen functional groups attached to an aromatic ring is 1. The summed E-state index contributed by atoms with van der Waals surface area (Å²) < 4.78 is 27.5. The molecule has 110 valence electrons. The molecule has 21 heavy (non-hydrogen) atoms. The van der Waals surface area contributed by atoms with Crippen molar-refractivity contribution in [3.8, 4) is 0 Å². The fourth-order valence-electron chi connectivity index (χ4n) is 2.10. The molecule has 0 spiro atoms. The number of anilines is 1. The van der Waals surface area contributed by atoms with Gasteiger partial charge in [0.25, 0.3) is 5.91 Å². The summed E-state index contributed by atoms with van der Waals surface area (Å²) in [6, 6.07) is 9.46. The van der Waals surface area contributed by atoms with E-state index in [4.69, 9.17) is 5.73 Å². The lowest BCUT2D eigenvalue weighted by Crippen LogP contribution is -2.30. The predicted octanol–water partition coefficient (Wildman–Crippen LogP) is 3.38. The minimum absolute atomic E-state index is 0.124. The molecule has 0 aliphatic carbocycles. The molecule has 2 N–H and O–H groups in total. The molecule has 5 heteroatoms. The van der Waals surface area contributed by atoms with Gasteiger partial charge in [0, 0.05) is 18.3 Å². The molecule has 0 heterocycles. The topological polar surface area (TPSA) is 46.3 Å². The summed E-state index contributed by atoms with van der Waals surface area (Å²) in [5, 5.41) is 0. The van der Waals surface area contributed by atoms with Crippen LogP contribution in [0.4, 0.5) is 14.5 Å². The second-order valence-electron chi connectivity index (χ2n) is 4.85. The second kappa shape index (κ2) is 5.91. The number of nitrogens with zero attached hydrogens (tertiary/aromatic N) is 1. The van der Waals surface area contributed by atoms with Crippen LogP contribution in [0.1, 0.15) is 28.9 Å². The zero-order chi connectivity index (χ0) is 15.6. The quantitative estimate of drug-likeness (QED) is 0.881. The molecule has 1 atom stereocenters. The minimum atomic E-state index is -0.651. The van der Waals surface area contributed by atoms with Gasteiger partial charge in [-0.1, -0.05) is 18.2 Å². The molecule has 0 saturated heterocycles. The van der Waals surface area contributed by atoms with E-state index < -0.39 is 23.6 Å². The summed E-state index contributed by atoms with van der Waals surface area (Å²) in [6.07, 6.45) is 0. The Labute approximate surface area is 122 Å². The van der Waals surface area contributed by atoms with Gasteiger partial charge in [0.05, 0.1) is 11.6 Å². The predicted molar refractivity (Wildman–Crippen MR) is 77.7 cm³/mol. The third-order valence-corrected chi connectivity index (χ3v) is 3.48. The molecular formula is C16H16F2N2O. The van der Waals surface area contributed by atoms with Gasteiger partial charge in [0.15, 0.2) is 0 Å². The van der Waals surface area contributed by atoms with Crippen molar-refractivity contribution in [3.63, 3.8) is 0 Å². The lowest BCUT2D eigenvalue weighted by Gasteiger charge is -2.26. The average Bonchev–Trinajstić information content (AvgIpc) is 2.48. The van der Waals surface area contributed by atoms with Crippen LogP contribution in [0.25, 0.3) is 0 Å². The number of nitrogens with two attached hydrogens (primary N) is 1. The van der Waals surface area contributed by atoms with Crippen LogP contribution in [0.5, 0.6) is 0 Å². The van der Waals surface area contributed by atoms with Crippen molar-refractivity contribution in [3.05, 3.63) is 65.2 Å². The molecule has 0 bridgehead atoms. The van der Waals surface area contributed by atoms with Crippen LogP contribution in [0.2, 0.25) is 0 Å². The summed E-state index contributed by atoms with van der Waals surface area (Å²) in [5.41, 5.74) is 6.13. The molecule has 0 fully saturated rings. The van der Waals surface area contributed by atoms with E-state index in [1.54, 1.807) is 25.1 Å². The highest BCUT2D eigenvalue weighted by atomic mass is 19.1. The third kappa shape index (κ3) is 3.02. The monoisotopic (exact) mass is 290 g/mol. The summed E-state index contributed by atoms with van der Waals surface area (Å²) >= 11 is 0. The first kappa shape index (κ1) is 15.0. The van der Waals surface area contributed by atoms with Gasteiger partial charge in [-0.05, 0) is 31.2 Å². The van der Waals surface area contributed by atoms with Crippen LogP contribution in [0.3, 0.4) is 0 Å². The Bertz CT molecular complexity index is 673. The van der Waals surface area contributed by atoms with Crippen molar-refractivity contribution in [2.24, 2.45) is 0 Å². The zero-order valence-electron chi connectivity index (χ0n) is 11.8. The zero-order valence-corrected chi connectivity index (χ0v) is 11.8. The van der Waals surface area contributed by atoms with Crippen LogP contribution >= 0.6 is 0 Å². The normalized spacial score (nSPS) is 12.0. The van der Waals surface area contributed by atoms with Crippen LogP contribution in [-0.4, -0.2) is 17.9 Å². The van der Waals surface area contributed by atoms with Crippen LogP contribution < -0.4 is 5.73 Å². The van der Waals surface area contributed by atoms with E-state index in [2.05, 4.69) is 0 Å². The highest BCUT2D eigenvalue weighted by Crippen LogP contribution is 2.24. The fourth-order valence-corrected chi connectivity index (χ4v) is 2.10. The summed E-state index contributed by atoms with van der Waals surface area (Å²) in [4.78, 5) is 13.6. The Hall–Kier alpha value is -2.43. The molecule has 0 saturated carbocycles. The van der Waals surface area contributed by atoms with E-state index in [-0.39, 0.29) is 5.56 Å². The van der Waals surface area contributed by atoms with Gasteiger partial charge in [-0.3, -0.25) is 4.79 Å². The molecule has 1 amide bonds. The highest BCUT2D eigenvalue weighted by molar-refractivity contribution is 5.95. The van der Waals surface area contributed by atoms with Gasteiger partial charge in [-0.2, -0.15) is 0 Å². The Morgan fingerprint density at radius 3 is 2.48 bits per heavy atom. The van der Waals surface area contributed by atoms with Crippen LogP contribution in [0.15, 0.2) is 42.5 Å². The van der Waals surface area contributed by atoms with Crippen molar-refractivity contribution in [1.82, 2.24) is 4.90 Å². The molecule has 0 radical (unpaired) electrons. The molecule has 0 aromatic heterocycles. The lowest BCUT2D eigenvalue weighted by molar-refractivity contribution is 0.0736. The van der Waals surface area contributed by atoms with Gasteiger partial charge in [-0.25, -0.2) is 8.78 Å². The maximum absolute atomic E-state index is 13.8. The Balaban J connectivity index is 2.31. The van der Waals surface area contributed by atoms with Crippen molar-refractivity contribution in [1.29, 1.82) is 0 Å². The average molecular weight is 290 g/mol. The maximum atomic E-state index is 13.8. The number of hydrogen-bond donors (Lipinski definition) is 1. The Morgan fingerprint density at radius 2 is 1.81 bits per heavy atom. The van der Waals surface area contributed by atoms with Gasteiger partial charge in [-0.15, -0.1) is 0 Å².